The lowest BCUT2D eigenvalue weighted by atomic mass is 10.1. The largest absolute Gasteiger partial charge is 0.497 e. The van der Waals surface area contributed by atoms with E-state index >= 15 is 0 Å². The zero-order chi connectivity index (χ0) is 29.9. The van der Waals surface area contributed by atoms with Crippen molar-refractivity contribution in [3.8, 4) is 11.5 Å². The number of thioether (sulfide) groups is 1. The fraction of sp³-hybridized carbons (Fsp3) is 0.0938. The molecule has 3 amide bonds. The molecule has 0 atom stereocenters. The van der Waals surface area contributed by atoms with Gasteiger partial charge in [0.25, 0.3) is 11.8 Å². The van der Waals surface area contributed by atoms with Gasteiger partial charge in [-0.1, -0.05) is 36.4 Å². The highest BCUT2D eigenvalue weighted by molar-refractivity contribution is 9.10. The van der Waals surface area contributed by atoms with Gasteiger partial charge in [0, 0.05) is 32.2 Å². The first-order valence-electron chi connectivity index (χ1n) is 12.7. The van der Waals surface area contributed by atoms with E-state index in [9.17, 15) is 14.4 Å². The minimum absolute atomic E-state index is 0.0122. The molecular weight excluding hydrogens is 618 g/mol. The number of ether oxygens (including phenoxy) is 2. The van der Waals surface area contributed by atoms with Crippen molar-refractivity contribution in [1.82, 2.24) is 5.32 Å². The van der Waals surface area contributed by atoms with Gasteiger partial charge in [0.15, 0.2) is 0 Å². The third-order valence-corrected chi connectivity index (χ3v) is 7.56. The summed E-state index contributed by atoms with van der Waals surface area (Å²) >= 11 is 4.75. The predicted octanol–water partition coefficient (Wildman–Crippen LogP) is 6.61. The van der Waals surface area contributed by atoms with Gasteiger partial charge in [0.2, 0.25) is 5.91 Å². The first kappa shape index (κ1) is 30.4. The number of benzene rings is 4. The molecule has 10 heteroatoms. The predicted molar refractivity (Wildman–Crippen MR) is 170 cm³/mol. The average molecular weight is 647 g/mol. The summed E-state index contributed by atoms with van der Waals surface area (Å²) in [6, 6.07) is 28.3. The molecule has 4 aromatic rings. The minimum Gasteiger partial charge on any atom is -0.497 e. The molecule has 0 fully saturated rings. The Morgan fingerprint density at radius 2 is 1.60 bits per heavy atom. The Kier molecular flexibility index (Phi) is 10.8. The maximum atomic E-state index is 13.5. The number of anilines is 2. The molecule has 42 heavy (non-hydrogen) atoms. The highest BCUT2D eigenvalue weighted by atomic mass is 79.9. The monoisotopic (exact) mass is 645 g/mol. The third-order valence-electron chi connectivity index (χ3n) is 5.88. The molecule has 0 saturated heterocycles. The SMILES string of the molecule is COc1ccc(/C=C(/NC(=O)c2ccccc2)C(=O)Nc2cccc(SCC(=O)Nc3ccccc3Br)c2)c(OC)c1. The minimum atomic E-state index is -0.536. The second-order valence-electron chi connectivity index (χ2n) is 8.78. The Balaban J connectivity index is 1.51. The molecule has 3 N–H and O–H groups in total. The Morgan fingerprint density at radius 3 is 2.33 bits per heavy atom. The van der Waals surface area contributed by atoms with E-state index in [1.165, 1.54) is 18.9 Å². The highest BCUT2D eigenvalue weighted by Gasteiger charge is 2.17. The molecule has 0 aromatic heterocycles. The van der Waals surface area contributed by atoms with E-state index in [4.69, 9.17) is 9.47 Å². The molecule has 0 unspecified atom stereocenters. The lowest BCUT2D eigenvalue weighted by molar-refractivity contribution is -0.114. The van der Waals surface area contributed by atoms with Gasteiger partial charge in [-0.25, -0.2) is 0 Å². The van der Waals surface area contributed by atoms with E-state index < -0.39 is 11.8 Å². The van der Waals surface area contributed by atoms with Gasteiger partial charge < -0.3 is 25.4 Å². The lowest BCUT2D eigenvalue weighted by Gasteiger charge is -2.13. The number of methoxy groups -OCH3 is 2. The highest BCUT2D eigenvalue weighted by Crippen LogP contribution is 2.27. The number of rotatable bonds is 11. The topological polar surface area (TPSA) is 106 Å². The molecule has 0 saturated carbocycles. The fourth-order valence-electron chi connectivity index (χ4n) is 3.80. The van der Waals surface area contributed by atoms with Crippen LogP contribution in [0.25, 0.3) is 6.08 Å². The molecule has 0 radical (unpaired) electrons. The van der Waals surface area contributed by atoms with E-state index in [1.807, 2.05) is 30.3 Å². The molecule has 0 aliphatic rings. The number of para-hydroxylation sites is 1. The van der Waals surface area contributed by atoms with Gasteiger partial charge in [-0.3, -0.25) is 14.4 Å². The van der Waals surface area contributed by atoms with E-state index in [0.29, 0.717) is 34.0 Å². The molecule has 0 aliphatic heterocycles. The Bertz CT molecular complexity index is 1610. The van der Waals surface area contributed by atoms with Gasteiger partial charge in [-0.05, 0) is 76.6 Å². The lowest BCUT2D eigenvalue weighted by Crippen LogP contribution is -2.30. The van der Waals surface area contributed by atoms with Crippen molar-refractivity contribution in [3.05, 3.63) is 118 Å². The van der Waals surface area contributed by atoms with Crippen LogP contribution in [0, 0.1) is 0 Å². The number of carbonyl (C=O) groups is 3. The molecule has 0 heterocycles. The van der Waals surface area contributed by atoms with Crippen molar-refractivity contribution in [2.75, 3.05) is 30.6 Å². The van der Waals surface area contributed by atoms with E-state index in [1.54, 1.807) is 79.9 Å². The molecule has 4 rings (SSSR count). The first-order chi connectivity index (χ1) is 20.4. The number of hydrogen-bond acceptors (Lipinski definition) is 6. The molecule has 4 aromatic carbocycles. The van der Waals surface area contributed by atoms with Crippen LogP contribution in [0.5, 0.6) is 11.5 Å². The van der Waals surface area contributed by atoms with Gasteiger partial charge in [-0.2, -0.15) is 0 Å². The van der Waals surface area contributed by atoms with Crippen molar-refractivity contribution in [2.24, 2.45) is 0 Å². The molecule has 8 nitrogen and oxygen atoms in total. The molecule has 0 aliphatic carbocycles. The van der Waals surface area contributed by atoms with Crippen LogP contribution in [0.2, 0.25) is 0 Å². The average Bonchev–Trinajstić information content (AvgIpc) is 3.01. The number of hydrogen-bond donors (Lipinski definition) is 3. The van der Waals surface area contributed by atoms with Gasteiger partial charge >= 0.3 is 0 Å². The van der Waals surface area contributed by atoms with Crippen molar-refractivity contribution in [1.29, 1.82) is 0 Å². The summed E-state index contributed by atoms with van der Waals surface area (Å²) in [6.45, 7) is 0. The van der Waals surface area contributed by atoms with E-state index in [-0.39, 0.29) is 17.4 Å². The third kappa shape index (κ3) is 8.48. The van der Waals surface area contributed by atoms with E-state index in [2.05, 4.69) is 31.9 Å². The molecular formula is C32H28BrN3O5S. The zero-order valence-electron chi connectivity index (χ0n) is 22.8. The Labute approximate surface area is 256 Å². The zero-order valence-corrected chi connectivity index (χ0v) is 25.3. The molecule has 0 spiro atoms. The number of nitrogens with one attached hydrogen (secondary N) is 3. The summed E-state index contributed by atoms with van der Waals surface area (Å²) in [4.78, 5) is 39.7. The second-order valence-corrected chi connectivity index (χ2v) is 10.7. The number of amides is 3. The van der Waals surface area contributed by atoms with Crippen LogP contribution in [-0.2, 0) is 9.59 Å². The van der Waals surface area contributed by atoms with Crippen molar-refractivity contribution in [3.63, 3.8) is 0 Å². The summed E-state index contributed by atoms with van der Waals surface area (Å²) in [5.41, 5.74) is 2.17. The second kappa shape index (κ2) is 14.9. The number of carbonyl (C=O) groups excluding carboxylic acids is 3. The quantitative estimate of drug-likeness (QED) is 0.125. The van der Waals surface area contributed by atoms with Crippen LogP contribution >= 0.6 is 27.7 Å². The van der Waals surface area contributed by atoms with E-state index in [0.717, 1.165) is 9.37 Å². The maximum absolute atomic E-state index is 13.5. The Hall–Kier alpha value is -4.54. The van der Waals surface area contributed by atoms with Crippen molar-refractivity contribution >= 4 is 62.9 Å². The van der Waals surface area contributed by atoms with Gasteiger partial charge in [0.05, 0.1) is 25.7 Å². The van der Waals surface area contributed by atoms with Gasteiger partial charge in [-0.15, -0.1) is 11.8 Å². The number of halogens is 1. The summed E-state index contributed by atoms with van der Waals surface area (Å²) < 4.78 is 11.5. The summed E-state index contributed by atoms with van der Waals surface area (Å²) in [7, 11) is 3.06. The summed E-state index contributed by atoms with van der Waals surface area (Å²) in [6.07, 6.45) is 1.54. The maximum Gasteiger partial charge on any atom is 0.272 e. The van der Waals surface area contributed by atoms with Crippen LogP contribution in [0.3, 0.4) is 0 Å². The van der Waals surface area contributed by atoms with Crippen LogP contribution in [0.1, 0.15) is 15.9 Å². The molecule has 214 valence electrons. The van der Waals surface area contributed by atoms with Crippen LogP contribution in [0.15, 0.2) is 112 Å². The standard InChI is InChI=1S/C32H28BrN3O5S/c1-40-24-16-15-22(29(19-24)41-2)17-28(36-31(38)21-9-4-3-5-10-21)32(39)34-23-11-8-12-25(18-23)42-20-30(37)35-27-14-7-6-13-26(27)33/h3-19H,20H2,1-2H3,(H,34,39)(H,35,37)(H,36,38)/b28-17+. The normalized spacial score (nSPS) is 10.9. The first-order valence-corrected chi connectivity index (χ1v) is 14.5. The smallest absolute Gasteiger partial charge is 0.272 e. The summed E-state index contributed by atoms with van der Waals surface area (Å²) in [5.74, 6) is 0.0869. The van der Waals surface area contributed by atoms with Crippen molar-refractivity contribution in [2.45, 2.75) is 4.90 Å². The van der Waals surface area contributed by atoms with Crippen LogP contribution < -0.4 is 25.4 Å². The van der Waals surface area contributed by atoms with Gasteiger partial charge in [0.1, 0.15) is 17.2 Å². The fourth-order valence-corrected chi connectivity index (χ4v) is 4.93. The van der Waals surface area contributed by atoms with Crippen LogP contribution in [-0.4, -0.2) is 37.7 Å². The van der Waals surface area contributed by atoms with Crippen molar-refractivity contribution < 1.29 is 23.9 Å². The Morgan fingerprint density at radius 1 is 0.833 bits per heavy atom. The van der Waals surface area contributed by atoms with Crippen LogP contribution in [0.4, 0.5) is 11.4 Å². The summed E-state index contributed by atoms with van der Waals surface area (Å²) in [5, 5.41) is 8.44. The molecule has 0 bridgehead atoms.